The van der Waals surface area contributed by atoms with Crippen LogP contribution in [-0.2, 0) is 16.3 Å². The van der Waals surface area contributed by atoms with Crippen LogP contribution in [0.3, 0.4) is 0 Å². The van der Waals surface area contributed by atoms with Gasteiger partial charge in [0, 0.05) is 30.9 Å². The number of pyridine rings is 1. The summed E-state index contributed by atoms with van der Waals surface area (Å²) in [5, 5.41) is 2.93. The SMILES string of the molecule is CCN(c1cc(C(=O)NCCc2ccccc2)ccn1)C1CCS(=O)(=O)C1. The highest BCUT2D eigenvalue weighted by atomic mass is 32.2. The van der Waals surface area contributed by atoms with Gasteiger partial charge in [0.1, 0.15) is 5.82 Å². The standard InChI is InChI=1S/C20H25N3O3S/c1-2-23(18-10-13-27(25,26)15-18)19-14-17(9-12-21-19)20(24)22-11-8-16-6-4-3-5-7-16/h3-7,9,12,14,18H,2,8,10-11,13,15H2,1H3,(H,22,24). The molecule has 2 aromatic rings. The number of benzene rings is 1. The molecule has 3 rings (SSSR count). The molecule has 1 aromatic heterocycles. The van der Waals surface area contributed by atoms with Crippen molar-refractivity contribution in [2.75, 3.05) is 29.5 Å². The van der Waals surface area contributed by atoms with Crippen LogP contribution in [-0.4, -0.2) is 49.9 Å². The summed E-state index contributed by atoms with van der Waals surface area (Å²) in [5.74, 6) is 0.865. The predicted octanol–water partition coefficient (Wildman–Crippen LogP) is 2.07. The van der Waals surface area contributed by atoms with Gasteiger partial charge >= 0.3 is 0 Å². The van der Waals surface area contributed by atoms with E-state index < -0.39 is 9.84 Å². The maximum absolute atomic E-state index is 12.5. The third-order valence-electron chi connectivity index (χ3n) is 4.83. The highest BCUT2D eigenvalue weighted by Crippen LogP contribution is 2.23. The second kappa shape index (κ2) is 8.52. The van der Waals surface area contributed by atoms with Gasteiger partial charge in [-0.05, 0) is 37.5 Å². The van der Waals surface area contributed by atoms with E-state index in [1.54, 1.807) is 18.3 Å². The van der Waals surface area contributed by atoms with Gasteiger partial charge in [-0.3, -0.25) is 4.79 Å². The fourth-order valence-corrected chi connectivity index (χ4v) is 5.14. The van der Waals surface area contributed by atoms with Crippen molar-refractivity contribution >= 4 is 21.6 Å². The topological polar surface area (TPSA) is 79.4 Å². The lowest BCUT2D eigenvalue weighted by Crippen LogP contribution is -2.37. The lowest BCUT2D eigenvalue weighted by Gasteiger charge is -2.28. The van der Waals surface area contributed by atoms with Gasteiger partial charge in [-0.15, -0.1) is 0 Å². The zero-order valence-electron chi connectivity index (χ0n) is 15.5. The molecule has 7 heteroatoms. The van der Waals surface area contributed by atoms with E-state index in [0.29, 0.717) is 30.9 Å². The lowest BCUT2D eigenvalue weighted by atomic mass is 10.1. The van der Waals surface area contributed by atoms with E-state index in [-0.39, 0.29) is 23.5 Å². The first kappa shape index (κ1) is 19.4. The van der Waals surface area contributed by atoms with Crippen LogP contribution in [0.25, 0.3) is 0 Å². The van der Waals surface area contributed by atoms with Gasteiger partial charge in [0.2, 0.25) is 0 Å². The Hall–Kier alpha value is -2.41. The summed E-state index contributed by atoms with van der Waals surface area (Å²) >= 11 is 0. The molecule has 1 amide bonds. The number of carbonyl (C=O) groups excluding carboxylic acids is 1. The number of hydrogen-bond donors (Lipinski definition) is 1. The molecule has 6 nitrogen and oxygen atoms in total. The number of anilines is 1. The molecule has 0 radical (unpaired) electrons. The Labute approximate surface area is 160 Å². The maximum Gasteiger partial charge on any atom is 0.251 e. The molecule has 1 unspecified atom stereocenters. The number of sulfone groups is 1. The molecular weight excluding hydrogens is 362 g/mol. The fraction of sp³-hybridized carbons (Fsp3) is 0.400. The number of amides is 1. The van der Waals surface area contributed by atoms with E-state index in [4.69, 9.17) is 0 Å². The minimum atomic E-state index is -2.97. The highest BCUT2D eigenvalue weighted by molar-refractivity contribution is 7.91. The Morgan fingerprint density at radius 2 is 2.04 bits per heavy atom. The largest absolute Gasteiger partial charge is 0.353 e. The first-order valence-electron chi connectivity index (χ1n) is 9.24. The summed E-state index contributed by atoms with van der Waals surface area (Å²) in [6, 6.07) is 13.3. The summed E-state index contributed by atoms with van der Waals surface area (Å²) in [6.45, 7) is 3.17. The van der Waals surface area contributed by atoms with Crippen LogP contribution in [0.5, 0.6) is 0 Å². The van der Waals surface area contributed by atoms with Crippen LogP contribution < -0.4 is 10.2 Å². The molecule has 0 aliphatic carbocycles. The quantitative estimate of drug-likeness (QED) is 0.787. The van der Waals surface area contributed by atoms with Crippen molar-refractivity contribution in [2.24, 2.45) is 0 Å². The Morgan fingerprint density at radius 1 is 1.26 bits per heavy atom. The zero-order valence-corrected chi connectivity index (χ0v) is 16.3. The van der Waals surface area contributed by atoms with Gasteiger partial charge in [-0.1, -0.05) is 30.3 Å². The first-order valence-corrected chi connectivity index (χ1v) is 11.1. The Bertz CT molecular complexity index is 884. The molecule has 0 saturated carbocycles. The molecule has 0 bridgehead atoms. The smallest absolute Gasteiger partial charge is 0.251 e. The zero-order chi connectivity index (χ0) is 19.3. The molecule has 2 heterocycles. The average molecular weight is 388 g/mol. The van der Waals surface area contributed by atoms with Gasteiger partial charge in [0.25, 0.3) is 5.91 Å². The molecule has 1 aliphatic rings. The molecule has 1 fully saturated rings. The molecule has 1 aromatic carbocycles. The number of nitrogens with one attached hydrogen (secondary N) is 1. The summed E-state index contributed by atoms with van der Waals surface area (Å²) in [5.41, 5.74) is 1.71. The van der Waals surface area contributed by atoms with Crippen molar-refractivity contribution in [3.63, 3.8) is 0 Å². The summed E-state index contributed by atoms with van der Waals surface area (Å²) < 4.78 is 23.6. The van der Waals surface area contributed by atoms with Gasteiger partial charge in [0.05, 0.1) is 11.5 Å². The van der Waals surface area contributed by atoms with Gasteiger partial charge in [-0.25, -0.2) is 13.4 Å². The third kappa shape index (κ3) is 5.07. The highest BCUT2D eigenvalue weighted by Gasteiger charge is 2.32. The van der Waals surface area contributed by atoms with Crippen LogP contribution in [0.2, 0.25) is 0 Å². The average Bonchev–Trinajstić information content (AvgIpc) is 3.03. The monoisotopic (exact) mass is 387 g/mol. The normalized spacial score (nSPS) is 18.2. The van der Waals surface area contributed by atoms with Gasteiger partial charge < -0.3 is 10.2 Å². The summed E-state index contributed by atoms with van der Waals surface area (Å²) in [6.07, 6.45) is 2.98. The van der Waals surface area contributed by atoms with Crippen LogP contribution in [0.4, 0.5) is 5.82 Å². The Morgan fingerprint density at radius 3 is 2.70 bits per heavy atom. The van der Waals surface area contributed by atoms with Crippen molar-refractivity contribution in [1.82, 2.24) is 10.3 Å². The summed E-state index contributed by atoms with van der Waals surface area (Å²) in [4.78, 5) is 18.8. The second-order valence-electron chi connectivity index (χ2n) is 6.74. The molecule has 27 heavy (non-hydrogen) atoms. The molecule has 0 spiro atoms. The van der Waals surface area contributed by atoms with Crippen molar-refractivity contribution in [3.05, 3.63) is 59.8 Å². The number of hydrogen-bond acceptors (Lipinski definition) is 5. The van der Waals surface area contributed by atoms with E-state index in [2.05, 4.69) is 10.3 Å². The van der Waals surface area contributed by atoms with E-state index in [9.17, 15) is 13.2 Å². The van der Waals surface area contributed by atoms with Crippen LogP contribution in [0.1, 0.15) is 29.3 Å². The van der Waals surface area contributed by atoms with E-state index in [1.807, 2.05) is 42.2 Å². The van der Waals surface area contributed by atoms with Crippen LogP contribution in [0.15, 0.2) is 48.7 Å². The second-order valence-corrected chi connectivity index (χ2v) is 8.97. The maximum atomic E-state index is 12.5. The van der Waals surface area contributed by atoms with E-state index in [1.165, 1.54) is 5.56 Å². The Kier molecular flexibility index (Phi) is 6.11. The predicted molar refractivity (Wildman–Crippen MR) is 107 cm³/mol. The summed E-state index contributed by atoms with van der Waals surface area (Å²) in [7, 11) is -2.97. The van der Waals surface area contributed by atoms with E-state index in [0.717, 1.165) is 6.42 Å². The first-order chi connectivity index (χ1) is 13.0. The van der Waals surface area contributed by atoms with Crippen molar-refractivity contribution in [2.45, 2.75) is 25.8 Å². The number of rotatable bonds is 7. The van der Waals surface area contributed by atoms with Crippen molar-refractivity contribution < 1.29 is 13.2 Å². The molecular formula is C20H25N3O3S. The molecule has 1 saturated heterocycles. The minimum absolute atomic E-state index is 0.0797. The van der Waals surface area contributed by atoms with E-state index >= 15 is 0 Å². The van der Waals surface area contributed by atoms with Crippen molar-refractivity contribution in [1.29, 1.82) is 0 Å². The molecule has 1 atom stereocenters. The number of aromatic nitrogens is 1. The number of carbonyl (C=O) groups is 1. The minimum Gasteiger partial charge on any atom is -0.353 e. The fourth-order valence-electron chi connectivity index (χ4n) is 3.41. The number of nitrogens with zero attached hydrogens (tertiary/aromatic N) is 2. The third-order valence-corrected chi connectivity index (χ3v) is 6.58. The van der Waals surface area contributed by atoms with Crippen molar-refractivity contribution in [3.8, 4) is 0 Å². The van der Waals surface area contributed by atoms with Crippen LogP contribution in [0, 0.1) is 0 Å². The molecule has 1 aliphatic heterocycles. The van der Waals surface area contributed by atoms with Crippen LogP contribution >= 0.6 is 0 Å². The van der Waals surface area contributed by atoms with Gasteiger partial charge in [0.15, 0.2) is 9.84 Å². The van der Waals surface area contributed by atoms with Gasteiger partial charge in [-0.2, -0.15) is 0 Å². The lowest BCUT2D eigenvalue weighted by molar-refractivity contribution is 0.0954. The molecule has 1 N–H and O–H groups in total. The Balaban J connectivity index is 1.64. The molecule has 144 valence electrons.